The van der Waals surface area contributed by atoms with Crippen LogP contribution in [0.25, 0.3) is 0 Å². The average Bonchev–Trinajstić information content (AvgIpc) is 1.81. The van der Waals surface area contributed by atoms with Crippen molar-refractivity contribution in [3.63, 3.8) is 0 Å². The summed E-state index contributed by atoms with van der Waals surface area (Å²) in [6.07, 6.45) is 0. The molecule has 0 spiro atoms. The quantitative estimate of drug-likeness (QED) is 0.172. The van der Waals surface area contributed by atoms with Gasteiger partial charge in [0.2, 0.25) is 0 Å². The van der Waals surface area contributed by atoms with Crippen LogP contribution < -0.4 is 15.8 Å². The Morgan fingerprint density at radius 3 is 0.571 bits per heavy atom. The van der Waals surface area contributed by atoms with Crippen LogP contribution in [0.1, 0.15) is 0 Å². The standard InChI is InChI=1S/Al.3H2O2/c;3*1-2/h;3*1-2H/p-3. The molecule has 7 heavy (non-hydrogen) atoms. The number of hydrogen-bond acceptors (Lipinski definition) is 6. The summed E-state index contributed by atoms with van der Waals surface area (Å²) in [6, 6.07) is 0. The summed E-state index contributed by atoms with van der Waals surface area (Å²) in [5.41, 5.74) is 0. The van der Waals surface area contributed by atoms with E-state index in [1.54, 1.807) is 0 Å². The van der Waals surface area contributed by atoms with Gasteiger partial charge in [0.25, 0.3) is 0 Å². The highest BCUT2D eigenvalue weighted by Crippen LogP contribution is 0.361. The first-order valence-electron chi connectivity index (χ1n) is 0.548. The van der Waals surface area contributed by atoms with Gasteiger partial charge in [0, 0.05) is 17.4 Å². The van der Waals surface area contributed by atoms with Gasteiger partial charge < -0.3 is 31.5 Å². The Balaban J connectivity index is -0.00000000900. The molecule has 7 heteroatoms. The van der Waals surface area contributed by atoms with Gasteiger partial charge in [-0.3, -0.25) is 0 Å². The van der Waals surface area contributed by atoms with Crippen molar-refractivity contribution in [2.75, 3.05) is 0 Å². The predicted octanol–water partition coefficient (Wildman–Crippen LogP) is -3.92. The molecule has 3 radical (unpaired) electrons. The van der Waals surface area contributed by atoms with Crippen LogP contribution >= 0.6 is 0 Å². The molecular formula is H3AlO6-3. The molecular weight excluding hydrogens is 123 g/mol. The number of hydrogen-bond donors (Lipinski definition) is 3. The molecule has 0 unspecified atom stereocenters. The Labute approximate surface area is 49.8 Å². The molecule has 0 saturated carbocycles. The fourth-order valence-corrected chi connectivity index (χ4v) is 0. The lowest BCUT2D eigenvalue weighted by Gasteiger charge is -1.61. The first kappa shape index (κ1) is 26.6. The van der Waals surface area contributed by atoms with Crippen LogP contribution in [0.5, 0.6) is 0 Å². The third-order valence-corrected chi connectivity index (χ3v) is 0. The SMILES string of the molecule is [Al].[O-]O.[O-]O.[O-]O. The molecule has 0 amide bonds. The third-order valence-electron chi connectivity index (χ3n) is 0. The third kappa shape index (κ3) is 1360. The molecule has 0 fully saturated rings. The van der Waals surface area contributed by atoms with Crippen molar-refractivity contribution < 1.29 is 31.5 Å². The van der Waals surface area contributed by atoms with Crippen LogP contribution in [0.3, 0.4) is 0 Å². The molecule has 0 aliphatic heterocycles. The molecule has 0 atom stereocenters. The zero-order valence-electron chi connectivity index (χ0n) is 3.14. The van der Waals surface area contributed by atoms with E-state index in [2.05, 4.69) is 0 Å². The second-order valence-corrected chi connectivity index (χ2v) is 0. The number of rotatable bonds is 0. The van der Waals surface area contributed by atoms with Gasteiger partial charge in [-0.1, -0.05) is 0 Å². The Morgan fingerprint density at radius 1 is 0.571 bits per heavy atom. The predicted molar refractivity (Wildman–Crippen MR) is 13.6 cm³/mol. The molecule has 0 aromatic carbocycles. The molecule has 0 rings (SSSR count). The fourth-order valence-electron chi connectivity index (χ4n) is 0. The topological polar surface area (TPSA) is 130 Å². The molecule has 6 nitrogen and oxygen atoms in total. The maximum atomic E-state index is 7.25. The van der Waals surface area contributed by atoms with Gasteiger partial charge in [0.1, 0.15) is 0 Å². The van der Waals surface area contributed by atoms with Crippen LogP contribution in [-0.4, -0.2) is 33.1 Å². The molecule has 45 valence electrons. The lowest BCUT2D eigenvalue weighted by Crippen LogP contribution is -1.84. The first-order valence-corrected chi connectivity index (χ1v) is 0.548. The Kier molecular flexibility index (Phi) is 7840. The van der Waals surface area contributed by atoms with Gasteiger partial charge in [-0.2, -0.15) is 0 Å². The van der Waals surface area contributed by atoms with E-state index in [0.717, 1.165) is 0 Å². The minimum absolute atomic E-state index is 0. The van der Waals surface area contributed by atoms with Crippen LogP contribution in [0.4, 0.5) is 0 Å². The van der Waals surface area contributed by atoms with Crippen LogP contribution in [0, 0.1) is 0 Å². The van der Waals surface area contributed by atoms with Gasteiger partial charge in [0.15, 0.2) is 0 Å². The lowest BCUT2D eigenvalue weighted by molar-refractivity contribution is -0.670. The van der Waals surface area contributed by atoms with E-state index in [4.69, 9.17) is 31.5 Å². The van der Waals surface area contributed by atoms with Crippen molar-refractivity contribution in [3.8, 4) is 0 Å². The summed E-state index contributed by atoms with van der Waals surface area (Å²) >= 11 is 0. The van der Waals surface area contributed by atoms with E-state index < -0.39 is 0 Å². The molecule has 0 saturated heterocycles. The van der Waals surface area contributed by atoms with Crippen molar-refractivity contribution in [2.45, 2.75) is 0 Å². The molecule has 0 aliphatic rings. The van der Waals surface area contributed by atoms with Gasteiger partial charge >= 0.3 is 0 Å². The highest BCUT2D eigenvalue weighted by molar-refractivity contribution is 5.75. The van der Waals surface area contributed by atoms with Gasteiger partial charge in [-0.25, -0.2) is 0 Å². The zero-order valence-corrected chi connectivity index (χ0v) is 4.30. The van der Waals surface area contributed by atoms with Crippen LogP contribution in [0.2, 0.25) is 0 Å². The minimum Gasteiger partial charge on any atom is -0.727 e. The largest absolute Gasteiger partial charge is 0.727 e. The maximum absolute atomic E-state index is 7.25. The minimum atomic E-state index is 0. The van der Waals surface area contributed by atoms with E-state index in [-0.39, 0.29) is 17.4 Å². The van der Waals surface area contributed by atoms with Crippen molar-refractivity contribution >= 4 is 17.4 Å². The van der Waals surface area contributed by atoms with E-state index in [9.17, 15) is 0 Å². The monoisotopic (exact) mass is 126 g/mol. The maximum Gasteiger partial charge on any atom is 0 e. The molecule has 0 heterocycles. The molecule has 0 aliphatic carbocycles. The molecule has 0 aromatic heterocycles. The van der Waals surface area contributed by atoms with Crippen molar-refractivity contribution in [2.24, 2.45) is 0 Å². The van der Waals surface area contributed by atoms with Crippen LogP contribution in [-0.2, 0) is 0 Å². The molecule has 3 N–H and O–H groups in total. The van der Waals surface area contributed by atoms with Crippen molar-refractivity contribution in [3.05, 3.63) is 0 Å². The highest BCUT2D eigenvalue weighted by Gasteiger charge is 0.415. The van der Waals surface area contributed by atoms with E-state index in [1.165, 1.54) is 0 Å². The zero-order chi connectivity index (χ0) is 6.00. The molecule has 0 aromatic rings. The van der Waals surface area contributed by atoms with E-state index in [0.29, 0.717) is 0 Å². The van der Waals surface area contributed by atoms with Crippen molar-refractivity contribution in [1.82, 2.24) is 0 Å². The Bertz CT molecular complexity index is 4.14. The summed E-state index contributed by atoms with van der Waals surface area (Å²) in [6.45, 7) is 0. The summed E-state index contributed by atoms with van der Waals surface area (Å²) in [5.74, 6) is 0. The second-order valence-electron chi connectivity index (χ2n) is 0. The molecule has 0 bridgehead atoms. The average molecular weight is 126 g/mol. The smallest absolute Gasteiger partial charge is 0 e. The highest BCUT2D eigenvalue weighted by atomic mass is 27.0. The first-order chi connectivity index (χ1) is 3.00. The Morgan fingerprint density at radius 2 is 0.571 bits per heavy atom. The van der Waals surface area contributed by atoms with Gasteiger partial charge in [-0.15, -0.1) is 0 Å². The second kappa shape index (κ2) is 2060. The summed E-state index contributed by atoms with van der Waals surface area (Å²) < 4.78 is 0. The van der Waals surface area contributed by atoms with Crippen LogP contribution in [0.15, 0.2) is 0 Å². The van der Waals surface area contributed by atoms with Gasteiger partial charge in [0.05, 0.1) is 0 Å². The van der Waals surface area contributed by atoms with Gasteiger partial charge in [-0.05, 0) is 0 Å². The van der Waals surface area contributed by atoms with Crippen molar-refractivity contribution in [1.29, 1.82) is 0 Å². The lowest BCUT2D eigenvalue weighted by atomic mass is 15.0. The Hall–Kier alpha value is 0.292. The van der Waals surface area contributed by atoms with E-state index in [1.807, 2.05) is 0 Å². The normalized spacial score (nSPS) is 2.57. The summed E-state index contributed by atoms with van der Waals surface area (Å²) in [7, 11) is 0. The summed E-state index contributed by atoms with van der Waals surface area (Å²) in [4.78, 5) is 0. The summed E-state index contributed by atoms with van der Waals surface area (Å²) in [5, 5.41) is 39.0. The fraction of sp³-hybridized carbons (Fsp3) is 0. The van der Waals surface area contributed by atoms with E-state index >= 15 is 0 Å².